The summed E-state index contributed by atoms with van der Waals surface area (Å²) in [5.74, 6) is 1.32. The van der Waals surface area contributed by atoms with E-state index in [1.54, 1.807) is 36.3 Å². The molecule has 2 aliphatic rings. The van der Waals surface area contributed by atoms with Gasteiger partial charge in [0.25, 0.3) is 5.91 Å². The van der Waals surface area contributed by atoms with Gasteiger partial charge < -0.3 is 9.64 Å². The van der Waals surface area contributed by atoms with E-state index in [-0.39, 0.29) is 18.4 Å². The first-order valence-electron chi connectivity index (χ1n) is 12.1. The molecule has 1 aliphatic heterocycles. The number of carbonyl (C=O) groups is 2. The van der Waals surface area contributed by atoms with E-state index in [0.717, 1.165) is 44.3 Å². The number of hydrogen-bond acceptors (Lipinski definition) is 4. The quantitative estimate of drug-likeness (QED) is 0.640. The first-order valence-corrected chi connectivity index (χ1v) is 12.1. The van der Waals surface area contributed by atoms with Gasteiger partial charge in [-0.3, -0.25) is 19.4 Å². The van der Waals surface area contributed by atoms with Crippen LogP contribution < -0.4 is 9.64 Å². The molecule has 2 fully saturated rings. The molecule has 0 atom stereocenters. The Morgan fingerprint density at radius 3 is 2.21 bits per heavy atom. The summed E-state index contributed by atoms with van der Waals surface area (Å²) in [5.41, 5.74) is 1.26. The SMILES string of the molecule is COc1ccc(C(=O)N(CC(=O)N2CCN(CC3CCCCC3)CC2)c2ccccc2)cc1. The number of amides is 2. The second-order valence-electron chi connectivity index (χ2n) is 9.14. The van der Waals surface area contributed by atoms with Crippen LogP contribution in [-0.4, -0.2) is 68.0 Å². The van der Waals surface area contributed by atoms with Crippen molar-refractivity contribution in [2.45, 2.75) is 32.1 Å². The molecule has 6 heteroatoms. The smallest absolute Gasteiger partial charge is 0.258 e. The van der Waals surface area contributed by atoms with Crippen LogP contribution in [0.15, 0.2) is 54.6 Å². The lowest BCUT2D eigenvalue weighted by Crippen LogP contribution is -2.52. The van der Waals surface area contributed by atoms with Crippen LogP contribution in [0.25, 0.3) is 0 Å². The molecule has 1 saturated heterocycles. The monoisotopic (exact) mass is 449 g/mol. The predicted molar refractivity (Wildman–Crippen MR) is 131 cm³/mol. The van der Waals surface area contributed by atoms with E-state index in [2.05, 4.69) is 4.90 Å². The number of carbonyl (C=O) groups excluding carboxylic acids is 2. The number of piperazine rings is 1. The first kappa shape index (κ1) is 23.3. The Hall–Kier alpha value is -2.86. The van der Waals surface area contributed by atoms with E-state index in [0.29, 0.717) is 11.3 Å². The van der Waals surface area contributed by atoms with Gasteiger partial charge in [-0.2, -0.15) is 0 Å². The first-order chi connectivity index (χ1) is 16.1. The van der Waals surface area contributed by atoms with Gasteiger partial charge in [0.05, 0.1) is 7.11 Å². The predicted octanol–water partition coefficient (Wildman–Crippen LogP) is 4.07. The lowest BCUT2D eigenvalue weighted by molar-refractivity contribution is -0.131. The Balaban J connectivity index is 1.38. The minimum absolute atomic E-state index is 0.00182. The van der Waals surface area contributed by atoms with Gasteiger partial charge in [0.2, 0.25) is 5.91 Å². The molecule has 0 spiro atoms. The fourth-order valence-corrected chi connectivity index (χ4v) is 4.93. The molecule has 33 heavy (non-hydrogen) atoms. The fourth-order valence-electron chi connectivity index (χ4n) is 4.93. The third-order valence-electron chi connectivity index (χ3n) is 6.91. The molecule has 4 rings (SSSR count). The lowest BCUT2D eigenvalue weighted by Gasteiger charge is -2.38. The Morgan fingerprint density at radius 2 is 1.58 bits per heavy atom. The summed E-state index contributed by atoms with van der Waals surface area (Å²) in [6, 6.07) is 16.4. The Bertz CT molecular complexity index is 902. The molecule has 1 saturated carbocycles. The minimum Gasteiger partial charge on any atom is -0.497 e. The van der Waals surface area contributed by atoms with Crippen molar-refractivity contribution in [3.05, 3.63) is 60.2 Å². The van der Waals surface area contributed by atoms with Crippen LogP contribution in [-0.2, 0) is 4.79 Å². The number of ether oxygens (including phenoxy) is 1. The summed E-state index contributed by atoms with van der Waals surface area (Å²) >= 11 is 0. The zero-order valence-electron chi connectivity index (χ0n) is 19.6. The van der Waals surface area contributed by atoms with Crippen molar-refractivity contribution in [3.8, 4) is 5.75 Å². The number of anilines is 1. The minimum atomic E-state index is -0.187. The van der Waals surface area contributed by atoms with Crippen LogP contribution in [0, 0.1) is 5.92 Å². The number of benzene rings is 2. The van der Waals surface area contributed by atoms with Crippen molar-refractivity contribution >= 4 is 17.5 Å². The van der Waals surface area contributed by atoms with Crippen LogP contribution >= 0.6 is 0 Å². The van der Waals surface area contributed by atoms with Gasteiger partial charge in [0.1, 0.15) is 12.3 Å². The number of para-hydroxylation sites is 1. The number of rotatable bonds is 7. The van der Waals surface area contributed by atoms with Crippen molar-refractivity contribution in [1.82, 2.24) is 9.80 Å². The number of hydrogen-bond donors (Lipinski definition) is 0. The van der Waals surface area contributed by atoms with E-state index in [1.807, 2.05) is 35.2 Å². The topological polar surface area (TPSA) is 53.1 Å². The van der Waals surface area contributed by atoms with Crippen molar-refractivity contribution in [2.75, 3.05) is 51.3 Å². The molecule has 6 nitrogen and oxygen atoms in total. The summed E-state index contributed by atoms with van der Waals surface area (Å²) in [4.78, 5) is 32.6. The van der Waals surface area contributed by atoms with Crippen molar-refractivity contribution in [1.29, 1.82) is 0 Å². The summed E-state index contributed by atoms with van der Waals surface area (Å²) in [7, 11) is 1.60. The fraction of sp³-hybridized carbons (Fsp3) is 0.481. The van der Waals surface area contributed by atoms with E-state index in [4.69, 9.17) is 4.74 Å². The molecule has 0 radical (unpaired) electrons. The molecule has 1 aliphatic carbocycles. The zero-order chi connectivity index (χ0) is 23.0. The van der Waals surface area contributed by atoms with Crippen LogP contribution in [0.5, 0.6) is 5.75 Å². The highest BCUT2D eigenvalue weighted by molar-refractivity contribution is 6.08. The molecule has 2 amide bonds. The summed E-state index contributed by atoms with van der Waals surface area (Å²) in [5, 5.41) is 0. The van der Waals surface area contributed by atoms with Crippen LogP contribution in [0.2, 0.25) is 0 Å². The van der Waals surface area contributed by atoms with E-state index in [9.17, 15) is 9.59 Å². The van der Waals surface area contributed by atoms with Gasteiger partial charge in [0.15, 0.2) is 0 Å². The van der Waals surface area contributed by atoms with Gasteiger partial charge in [-0.25, -0.2) is 0 Å². The Kier molecular flexibility index (Phi) is 8.00. The van der Waals surface area contributed by atoms with E-state index in [1.165, 1.54) is 32.1 Å². The van der Waals surface area contributed by atoms with Crippen molar-refractivity contribution < 1.29 is 14.3 Å². The summed E-state index contributed by atoms with van der Waals surface area (Å²) in [6.07, 6.45) is 6.80. The molecular weight excluding hydrogens is 414 g/mol. The van der Waals surface area contributed by atoms with Crippen LogP contribution in [0.4, 0.5) is 5.69 Å². The molecular formula is C27H35N3O3. The molecule has 2 aromatic rings. The molecule has 0 bridgehead atoms. The normalized spacial score (nSPS) is 17.5. The molecule has 176 valence electrons. The van der Waals surface area contributed by atoms with Gasteiger partial charge in [-0.15, -0.1) is 0 Å². The maximum Gasteiger partial charge on any atom is 0.258 e. The molecule has 1 heterocycles. The Morgan fingerprint density at radius 1 is 0.909 bits per heavy atom. The maximum absolute atomic E-state index is 13.3. The second-order valence-corrected chi connectivity index (χ2v) is 9.14. The van der Waals surface area contributed by atoms with E-state index < -0.39 is 0 Å². The average molecular weight is 450 g/mol. The summed E-state index contributed by atoms with van der Waals surface area (Å²) < 4.78 is 5.20. The lowest BCUT2D eigenvalue weighted by atomic mass is 9.89. The second kappa shape index (κ2) is 11.3. The van der Waals surface area contributed by atoms with E-state index >= 15 is 0 Å². The third kappa shape index (κ3) is 6.14. The van der Waals surface area contributed by atoms with Gasteiger partial charge in [0, 0.05) is 44.0 Å². The standard InChI is InChI=1S/C27H35N3O3/c1-33-25-14-12-23(13-15-25)27(32)30(24-10-6-3-7-11-24)21-26(31)29-18-16-28(17-19-29)20-22-8-4-2-5-9-22/h3,6-7,10-15,22H,2,4-5,8-9,16-21H2,1H3. The third-order valence-corrected chi connectivity index (χ3v) is 6.91. The largest absolute Gasteiger partial charge is 0.497 e. The maximum atomic E-state index is 13.3. The highest BCUT2D eigenvalue weighted by atomic mass is 16.5. The van der Waals surface area contributed by atoms with Gasteiger partial charge in [-0.1, -0.05) is 37.5 Å². The Labute approximate surface area is 197 Å². The zero-order valence-corrected chi connectivity index (χ0v) is 19.6. The average Bonchev–Trinajstić information content (AvgIpc) is 2.88. The molecule has 0 unspecified atom stereocenters. The molecule has 0 N–H and O–H groups in total. The highest BCUT2D eigenvalue weighted by Crippen LogP contribution is 2.25. The molecule has 2 aromatic carbocycles. The molecule has 0 aromatic heterocycles. The van der Waals surface area contributed by atoms with Crippen LogP contribution in [0.3, 0.4) is 0 Å². The number of methoxy groups -OCH3 is 1. The van der Waals surface area contributed by atoms with Gasteiger partial charge >= 0.3 is 0 Å². The van der Waals surface area contributed by atoms with Gasteiger partial charge in [-0.05, 0) is 55.2 Å². The summed E-state index contributed by atoms with van der Waals surface area (Å²) in [6.45, 7) is 4.49. The highest BCUT2D eigenvalue weighted by Gasteiger charge is 2.27. The van der Waals surface area contributed by atoms with Crippen molar-refractivity contribution in [3.63, 3.8) is 0 Å². The van der Waals surface area contributed by atoms with Crippen molar-refractivity contribution in [2.24, 2.45) is 5.92 Å². The number of nitrogens with zero attached hydrogens (tertiary/aromatic N) is 3. The van der Waals surface area contributed by atoms with Crippen LogP contribution in [0.1, 0.15) is 42.5 Å².